The van der Waals surface area contributed by atoms with E-state index in [1.54, 1.807) is 0 Å². The number of rotatable bonds is 2. The zero-order valence-corrected chi connectivity index (χ0v) is 7.59. The quantitative estimate of drug-likeness (QED) is 0.678. The van der Waals surface area contributed by atoms with Crippen molar-refractivity contribution < 1.29 is 4.79 Å². The molecule has 0 aliphatic rings. The summed E-state index contributed by atoms with van der Waals surface area (Å²) in [6.45, 7) is 6.05. The van der Waals surface area contributed by atoms with Gasteiger partial charge in [-0.25, -0.2) is 4.98 Å². The Balaban J connectivity index is 2.63. The first-order valence-corrected chi connectivity index (χ1v) is 3.87. The first-order valence-electron chi connectivity index (χ1n) is 3.87. The van der Waals surface area contributed by atoms with Gasteiger partial charge < -0.3 is 0 Å². The van der Waals surface area contributed by atoms with Crippen LogP contribution in [0.15, 0.2) is 6.33 Å². The van der Waals surface area contributed by atoms with Crippen LogP contribution < -0.4 is 0 Å². The second-order valence-electron chi connectivity index (χ2n) is 3.99. The number of carbonyl (C=O) groups excluding carboxylic acids is 1. The van der Waals surface area contributed by atoms with Crippen molar-refractivity contribution in [1.29, 1.82) is 0 Å². The second-order valence-corrected chi connectivity index (χ2v) is 3.99. The van der Waals surface area contributed by atoms with Gasteiger partial charge in [0.1, 0.15) is 6.33 Å². The van der Waals surface area contributed by atoms with Crippen LogP contribution in [0, 0.1) is 5.41 Å². The molecule has 0 spiro atoms. The fourth-order valence-electron chi connectivity index (χ4n) is 0.905. The summed E-state index contributed by atoms with van der Waals surface area (Å²) in [5, 5.41) is 6.17. The Kier molecular flexibility index (Phi) is 2.26. The Labute approximate surface area is 71.4 Å². The maximum Gasteiger partial charge on any atom is 0.200 e. The number of carbonyl (C=O) groups is 1. The minimum absolute atomic E-state index is 0.00384. The summed E-state index contributed by atoms with van der Waals surface area (Å²) in [4.78, 5) is 15.2. The van der Waals surface area contributed by atoms with E-state index in [0.717, 1.165) is 0 Å². The summed E-state index contributed by atoms with van der Waals surface area (Å²) in [5.74, 6) is 0.366. The van der Waals surface area contributed by atoms with Crippen LogP contribution in [0.25, 0.3) is 0 Å². The van der Waals surface area contributed by atoms with Crippen molar-refractivity contribution in [3.05, 3.63) is 12.2 Å². The number of nitrogens with one attached hydrogen (secondary N) is 1. The van der Waals surface area contributed by atoms with Crippen molar-refractivity contribution in [2.24, 2.45) is 5.41 Å². The Morgan fingerprint density at radius 1 is 1.58 bits per heavy atom. The fourth-order valence-corrected chi connectivity index (χ4v) is 0.905. The Bertz CT molecular complexity index is 258. The molecule has 0 aliphatic heterocycles. The molecule has 1 aromatic rings. The molecule has 1 rings (SSSR count). The molecular weight excluding hydrogens is 154 g/mol. The van der Waals surface area contributed by atoms with Gasteiger partial charge in [0.05, 0.1) is 0 Å². The molecule has 0 atom stereocenters. The molecule has 1 heterocycles. The van der Waals surface area contributed by atoms with Gasteiger partial charge in [0.25, 0.3) is 0 Å². The smallest absolute Gasteiger partial charge is 0.200 e. The summed E-state index contributed by atoms with van der Waals surface area (Å²) in [5.41, 5.74) is 0.00384. The monoisotopic (exact) mass is 167 g/mol. The van der Waals surface area contributed by atoms with Crippen LogP contribution in [0.3, 0.4) is 0 Å². The van der Waals surface area contributed by atoms with E-state index >= 15 is 0 Å². The molecular formula is C8H13N3O. The molecule has 1 aromatic heterocycles. The number of ketones is 1. The molecule has 0 fully saturated rings. The lowest BCUT2D eigenvalue weighted by atomic mass is 9.90. The van der Waals surface area contributed by atoms with Crippen LogP contribution in [0.5, 0.6) is 0 Å². The van der Waals surface area contributed by atoms with Crippen molar-refractivity contribution in [2.75, 3.05) is 0 Å². The molecule has 0 aliphatic carbocycles. The van der Waals surface area contributed by atoms with E-state index < -0.39 is 0 Å². The highest BCUT2D eigenvalue weighted by atomic mass is 16.1. The topological polar surface area (TPSA) is 58.6 Å². The highest BCUT2D eigenvalue weighted by Crippen LogP contribution is 2.19. The van der Waals surface area contributed by atoms with Crippen molar-refractivity contribution in [3.63, 3.8) is 0 Å². The van der Waals surface area contributed by atoms with E-state index in [1.807, 2.05) is 20.8 Å². The lowest BCUT2D eigenvalue weighted by Gasteiger charge is -2.15. The molecule has 4 nitrogen and oxygen atoms in total. The average Bonchev–Trinajstić information content (AvgIpc) is 2.32. The van der Waals surface area contributed by atoms with Gasteiger partial charge in [0.15, 0.2) is 11.6 Å². The Morgan fingerprint density at radius 2 is 2.25 bits per heavy atom. The van der Waals surface area contributed by atoms with Crippen LogP contribution in [0.2, 0.25) is 0 Å². The van der Waals surface area contributed by atoms with Crippen molar-refractivity contribution in [1.82, 2.24) is 15.2 Å². The van der Waals surface area contributed by atoms with E-state index in [-0.39, 0.29) is 11.2 Å². The largest absolute Gasteiger partial charge is 0.291 e. The first kappa shape index (κ1) is 8.90. The number of hydrogen-bond acceptors (Lipinski definition) is 3. The summed E-state index contributed by atoms with van der Waals surface area (Å²) in [6, 6.07) is 0. The maximum absolute atomic E-state index is 11.4. The van der Waals surface area contributed by atoms with E-state index in [9.17, 15) is 4.79 Å². The molecule has 0 unspecified atom stereocenters. The van der Waals surface area contributed by atoms with Crippen molar-refractivity contribution >= 4 is 5.78 Å². The first-order chi connectivity index (χ1) is 5.49. The van der Waals surface area contributed by atoms with E-state index in [0.29, 0.717) is 12.2 Å². The van der Waals surface area contributed by atoms with E-state index in [2.05, 4.69) is 15.2 Å². The predicted molar refractivity (Wildman–Crippen MR) is 44.8 cm³/mol. The van der Waals surface area contributed by atoms with Gasteiger partial charge in [-0.2, -0.15) is 5.10 Å². The molecule has 0 aromatic carbocycles. The minimum Gasteiger partial charge on any atom is -0.291 e. The van der Waals surface area contributed by atoms with Crippen LogP contribution in [-0.2, 0) is 0 Å². The highest BCUT2D eigenvalue weighted by Gasteiger charge is 2.18. The number of H-pyrrole nitrogens is 1. The predicted octanol–water partition coefficient (Wildman–Crippen LogP) is 1.42. The number of aromatic nitrogens is 3. The Hall–Kier alpha value is -1.19. The van der Waals surface area contributed by atoms with Crippen molar-refractivity contribution in [3.8, 4) is 0 Å². The van der Waals surface area contributed by atoms with E-state index in [1.165, 1.54) is 6.33 Å². The standard InChI is InChI=1S/C8H13N3O/c1-8(2,3)4-6(12)7-9-5-10-11-7/h5H,4H2,1-3H3,(H,9,10,11). The van der Waals surface area contributed by atoms with Crippen LogP contribution in [-0.4, -0.2) is 21.0 Å². The summed E-state index contributed by atoms with van der Waals surface area (Å²) in [6.07, 6.45) is 1.83. The van der Waals surface area contributed by atoms with Crippen molar-refractivity contribution in [2.45, 2.75) is 27.2 Å². The molecule has 0 radical (unpaired) electrons. The van der Waals surface area contributed by atoms with Gasteiger partial charge in [-0.1, -0.05) is 20.8 Å². The highest BCUT2D eigenvalue weighted by molar-refractivity contribution is 5.92. The van der Waals surface area contributed by atoms with E-state index in [4.69, 9.17) is 0 Å². The van der Waals surface area contributed by atoms with Crippen LogP contribution >= 0.6 is 0 Å². The SMILES string of the molecule is CC(C)(C)CC(=O)c1ncn[nH]1. The molecule has 12 heavy (non-hydrogen) atoms. The van der Waals surface area contributed by atoms with Gasteiger partial charge in [-0.15, -0.1) is 0 Å². The number of aromatic amines is 1. The third-order valence-corrected chi connectivity index (χ3v) is 1.37. The second kappa shape index (κ2) is 3.05. The molecule has 0 saturated carbocycles. The summed E-state index contributed by atoms with van der Waals surface area (Å²) < 4.78 is 0. The normalized spacial score (nSPS) is 11.6. The average molecular weight is 167 g/mol. The molecule has 0 bridgehead atoms. The fraction of sp³-hybridized carbons (Fsp3) is 0.625. The van der Waals surface area contributed by atoms with Gasteiger partial charge >= 0.3 is 0 Å². The van der Waals surface area contributed by atoms with Gasteiger partial charge in [-0.05, 0) is 5.41 Å². The zero-order valence-electron chi connectivity index (χ0n) is 7.59. The van der Waals surface area contributed by atoms with Gasteiger partial charge in [0, 0.05) is 6.42 Å². The number of hydrogen-bond donors (Lipinski definition) is 1. The summed E-state index contributed by atoms with van der Waals surface area (Å²) >= 11 is 0. The lowest BCUT2D eigenvalue weighted by molar-refractivity contribution is 0.0930. The molecule has 66 valence electrons. The Morgan fingerprint density at radius 3 is 2.67 bits per heavy atom. The van der Waals surface area contributed by atoms with Crippen LogP contribution in [0.4, 0.5) is 0 Å². The molecule has 0 saturated heterocycles. The third-order valence-electron chi connectivity index (χ3n) is 1.37. The van der Waals surface area contributed by atoms with Crippen LogP contribution in [0.1, 0.15) is 37.8 Å². The third kappa shape index (κ3) is 2.45. The minimum atomic E-state index is 0.00384. The molecule has 1 N–H and O–H groups in total. The zero-order chi connectivity index (χ0) is 9.19. The number of Topliss-reactive ketones (excluding diaryl/α,β-unsaturated/α-hetero) is 1. The number of nitrogens with zero attached hydrogens (tertiary/aromatic N) is 2. The van der Waals surface area contributed by atoms with Gasteiger partial charge in [0.2, 0.25) is 0 Å². The molecule has 4 heteroatoms. The molecule has 0 amide bonds. The lowest BCUT2D eigenvalue weighted by Crippen LogP contribution is -2.14. The summed E-state index contributed by atoms with van der Waals surface area (Å²) in [7, 11) is 0. The van der Waals surface area contributed by atoms with Gasteiger partial charge in [-0.3, -0.25) is 9.89 Å². The maximum atomic E-state index is 11.4.